The predicted molar refractivity (Wildman–Crippen MR) is 65.1 cm³/mol. The van der Waals surface area contributed by atoms with Crippen LogP contribution in [0.2, 0.25) is 0 Å². The number of halogens is 1. The number of nitriles is 1. The fraction of sp³-hybridized carbons (Fsp3) is 0.133. The molecular weight excluding hydrogens is 213 g/mol. The van der Waals surface area contributed by atoms with E-state index in [0.717, 1.165) is 11.1 Å². The minimum Gasteiger partial charge on any atom is -0.207 e. The van der Waals surface area contributed by atoms with Crippen LogP contribution >= 0.6 is 0 Å². The Hall–Kier alpha value is -2.14. The third kappa shape index (κ3) is 2.51. The fourth-order valence-electron chi connectivity index (χ4n) is 1.79. The van der Waals surface area contributed by atoms with Crippen LogP contribution in [-0.4, -0.2) is 0 Å². The maximum absolute atomic E-state index is 12.8. The van der Waals surface area contributed by atoms with Gasteiger partial charge in [-0.2, -0.15) is 5.26 Å². The van der Waals surface area contributed by atoms with E-state index in [9.17, 15) is 4.39 Å². The van der Waals surface area contributed by atoms with Gasteiger partial charge in [-0.1, -0.05) is 31.2 Å². The van der Waals surface area contributed by atoms with Crippen molar-refractivity contribution in [2.75, 3.05) is 0 Å². The molecule has 0 radical (unpaired) electrons. The van der Waals surface area contributed by atoms with Crippen molar-refractivity contribution in [2.45, 2.75) is 12.8 Å². The summed E-state index contributed by atoms with van der Waals surface area (Å²) < 4.78 is 12.8. The average Bonchev–Trinajstić information content (AvgIpc) is 2.39. The van der Waals surface area contributed by atoms with E-state index in [1.165, 1.54) is 12.1 Å². The van der Waals surface area contributed by atoms with Crippen LogP contribution in [0.3, 0.4) is 0 Å². The Bertz CT molecular complexity index is 535. The molecule has 0 N–H and O–H groups in total. The monoisotopic (exact) mass is 225 g/mol. The maximum Gasteiger partial charge on any atom is 0.123 e. The maximum atomic E-state index is 12.8. The highest BCUT2D eigenvalue weighted by atomic mass is 19.1. The van der Waals surface area contributed by atoms with Crippen molar-refractivity contribution < 1.29 is 4.39 Å². The van der Waals surface area contributed by atoms with Crippen molar-refractivity contribution in [1.29, 1.82) is 5.26 Å². The molecule has 2 aromatic carbocycles. The molecule has 2 aromatic rings. The van der Waals surface area contributed by atoms with Crippen LogP contribution < -0.4 is 0 Å². The molecule has 0 amide bonds. The first kappa shape index (κ1) is 11.3. The molecule has 2 heteroatoms. The molecule has 0 saturated carbocycles. The molecule has 0 aliphatic heterocycles. The number of nitrogens with zero attached hydrogens (tertiary/aromatic N) is 1. The predicted octanol–water partition coefficient (Wildman–Crippen LogP) is 3.85. The highest BCUT2D eigenvalue weighted by molar-refractivity contribution is 5.37. The van der Waals surface area contributed by atoms with Crippen molar-refractivity contribution in [1.82, 2.24) is 0 Å². The van der Waals surface area contributed by atoms with Crippen molar-refractivity contribution in [3.63, 3.8) is 0 Å². The van der Waals surface area contributed by atoms with E-state index in [4.69, 9.17) is 5.26 Å². The van der Waals surface area contributed by atoms with Gasteiger partial charge < -0.3 is 0 Å². The molecule has 1 unspecified atom stereocenters. The second-order valence-corrected chi connectivity index (χ2v) is 4.01. The molecule has 0 heterocycles. The van der Waals surface area contributed by atoms with Crippen molar-refractivity contribution >= 4 is 0 Å². The van der Waals surface area contributed by atoms with E-state index in [1.807, 2.05) is 12.1 Å². The topological polar surface area (TPSA) is 23.8 Å². The molecule has 0 spiro atoms. The van der Waals surface area contributed by atoms with Gasteiger partial charge in [-0.25, -0.2) is 4.39 Å². The zero-order chi connectivity index (χ0) is 12.3. The fourth-order valence-corrected chi connectivity index (χ4v) is 1.79. The Kier molecular flexibility index (Phi) is 3.20. The summed E-state index contributed by atoms with van der Waals surface area (Å²) in [5, 5.41) is 8.72. The summed E-state index contributed by atoms with van der Waals surface area (Å²) in [7, 11) is 0. The molecule has 0 saturated heterocycles. The summed E-state index contributed by atoms with van der Waals surface area (Å²) in [5.41, 5.74) is 2.84. The van der Waals surface area contributed by atoms with E-state index in [0.29, 0.717) is 5.56 Å². The van der Waals surface area contributed by atoms with Crippen molar-refractivity contribution in [3.8, 4) is 6.07 Å². The Morgan fingerprint density at radius 1 is 0.941 bits per heavy atom. The molecule has 1 nitrogen and oxygen atoms in total. The van der Waals surface area contributed by atoms with Crippen LogP contribution in [-0.2, 0) is 0 Å². The van der Waals surface area contributed by atoms with Gasteiger partial charge in [-0.05, 0) is 35.4 Å². The Morgan fingerprint density at radius 3 is 1.88 bits per heavy atom. The summed E-state index contributed by atoms with van der Waals surface area (Å²) in [5.74, 6) is -0.0240. The molecule has 0 aromatic heterocycles. The smallest absolute Gasteiger partial charge is 0.123 e. The van der Waals surface area contributed by atoms with Gasteiger partial charge in [-0.15, -0.1) is 0 Å². The zero-order valence-corrected chi connectivity index (χ0v) is 9.52. The number of benzene rings is 2. The summed E-state index contributed by atoms with van der Waals surface area (Å²) in [6, 6.07) is 16.1. The number of hydrogen-bond acceptors (Lipinski definition) is 1. The van der Waals surface area contributed by atoms with Gasteiger partial charge in [0.05, 0.1) is 11.6 Å². The Balaban J connectivity index is 2.27. The van der Waals surface area contributed by atoms with Gasteiger partial charge in [-0.3, -0.25) is 0 Å². The third-order valence-corrected chi connectivity index (χ3v) is 2.91. The lowest BCUT2D eigenvalue weighted by Gasteiger charge is -2.12. The van der Waals surface area contributed by atoms with Crippen LogP contribution in [0.4, 0.5) is 4.39 Å². The van der Waals surface area contributed by atoms with Gasteiger partial charge in [0.2, 0.25) is 0 Å². The van der Waals surface area contributed by atoms with Crippen molar-refractivity contribution in [2.24, 2.45) is 0 Å². The van der Waals surface area contributed by atoms with E-state index in [-0.39, 0.29) is 11.7 Å². The van der Waals surface area contributed by atoms with Crippen LogP contribution in [0.5, 0.6) is 0 Å². The van der Waals surface area contributed by atoms with E-state index in [1.54, 1.807) is 24.3 Å². The van der Waals surface area contributed by atoms with Crippen LogP contribution in [0.25, 0.3) is 0 Å². The van der Waals surface area contributed by atoms with Gasteiger partial charge >= 0.3 is 0 Å². The van der Waals surface area contributed by atoms with E-state index < -0.39 is 0 Å². The molecule has 17 heavy (non-hydrogen) atoms. The van der Waals surface area contributed by atoms with E-state index in [2.05, 4.69) is 13.0 Å². The zero-order valence-electron chi connectivity index (χ0n) is 9.52. The van der Waals surface area contributed by atoms with Gasteiger partial charge in [0.15, 0.2) is 0 Å². The number of hydrogen-bond donors (Lipinski definition) is 0. The first-order valence-corrected chi connectivity index (χ1v) is 5.46. The molecule has 0 aliphatic rings. The normalized spacial score (nSPS) is 11.8. The first-order valence-electron chi connectivity index (χ1n) is 5.46. The molecular formula is C15H12FN. The minimum atomic E-state index is -0.222. The lowest BCUT2D eigenvalue weighted by molar-refractivity contribution is 0.626. The largest absolute Gasteiger partial charge is 0.207 e. The lowest BCUT2D eigenvalue weighted by Crippen LogP contribution is -1.96. The second-order valence-electron chi connectivity index (χ2n) is 4.01. The third-order valence-electron chi connectivity index (χ3n) is 2.91. The molecule has 0 aliphatic carbocycles. The van der Waals surface area contributed by atoms with Crippen LogP contribution in [0.1, 0.15) is 29.5 Å². The van der Waals surface area contributed by atoms with Crippen molar-refractivity contribution in [3.05, 3.63) is 71.0 Å². The van der Waals surface area contributed by atoms with E-state index >= 15 is 0 Å². The SMILES string of the molecule is CC(c1ccc(F)cc1)c1ccc(C#N)cc1. The summed E-state index contributed by atoms with van der Waals surface area (Å²) in [6.45, 7) is 2.06. The highest BCUT2D eigenvalue weighted by Gasteiger charge is 2.08. The van der Waals surface area contributed by atoms with Gasteiger partial charge in [0.25, 0.3) is 0 Å². The molecule has 0 fully saturated rings. The molecule has 1 atom stereocenters. The standard InChI is InChI=1S/C15H12FN/c1-11(14-6-8-15(16)9-7-14)13-4-2-12(10-17)3-5-13/h2-9,11H,1H3. The molecule has 2 rings (SSSR count). The summed E-state index contributed by atoms with van der Waals surface area (Å²) >= 11 is 0. The minimum absolute atomic E-state index is 0.198. The lowest BCUT2D eigenvalue weighted by atomic mass is 9.93. The van der Waals surface area contributed by atoms with Crippen LogP contribution in [0.15, 0.2) is 48.5 Å². The van der Waals surface area contributed by atoms with Gasteiger partial charge in [0.1, 0.15) is 5.82 Å². The quantitative estimate of drug-likeness (QED) is 0.761. The second kappa shape index (κ2) is 4.80. The van der Waals surface area contributed by atoms with Crippen LogP contribution in [0, 0.1) is 17.1 Å². The average molecular weight is 225 g/mol. The molecule has 84 valence electrons. The molecule has 0 bridgehead atoms. The highest BCUT2D eigenvalue weighted by Crippen LogP contribution is 2.24. The van der Waals surface area contributed by atoms with Gasteiger partial charge in [0, 0.05) is 5.92 Å². The first-order chi connectivity index (χ1) is 8.20. The number of rotatable bonds is 2. The summed E-state index contributed by atoms with van der Waals surface area (Å²) in [6.07, 6.45) is 0. The Morgan fingerprint density at radius 2 is 1.41 bits per heavy atom. The Labute approximate surface area is 100 Å². The summed E-state index contributed by atoms with van der Waals surface area (Å²) in [4.78, 5) is 0.